The van der Waals surface area contributed by atoms with Crippen LogP contribution >= 0.6 is 0 Å². The molecule has 20 heavy (non-hydrogen) atoms. The van der Waals surface area contributed by atoms with Gasteiger partial charge in [-0.15, -0.1) is 0 Å². The highest BCUT2D eigenvalue weighted by Gasteiger charge is 2.20. The predicted molar refractivity (Wildman–Crippen MR) is 72.0 cm³/mol. The first-order valence-corrected chi connectivity index (χ1v) is 7.31. The minimum Gasteiger partial charge on any atom is -0.478 e. The fourth-order valence-electron chi connectivity index (χ4n) is 1.64. The molecule has 3 N–H and O–H groups in total. The van der Waals surface area contributed by atoms with E-state index in [2.05, 4.69) is 10.0 Å². The number of nitrogens with one attached hydrogen (secondary N) is 2. The highest BCUT2D eigenvalue weighted by atomic mass is 32.2. The molecule has 1 rings (SSSR count). The molecule has 0 aromatic heterocycles. The fourth-order valence-corrected chi connectivity index (χ4v) is 2.94. The number of rotatable bonds is 6. The fraction of sp³-hybridized carbons (Fsp3) is 0.333. The van der Waals surface area contributed by atoms with Gasteiger partial charge in [0, 0.05) is 20.0 Å². The lowest BCUT2D eigenvalue weighted by atomic mass is 10.1. The Kier molecular flexibility index (Phi) is 5.23. The number of sulfonamides is 1. The van der Waals surface area contributed by atoms with E-state index in [4.69, 9.17) is 5.11 Å². The van der Waals surface area contributed by atoms with E-state index in [1.165, 1.54) is 32.0 Å². The van der Waals surface area contributed by atoms with Crippen molar-refractivity contribution < 1.29 is 23.1 Å². The number of carbonyl (C=O) groups is 2. The van der Waals surface area contributed by atoms with Crippen molar-refractivity contribution in [2.45, 2.75) is 18.7 Å². The number of hydrogen-bond acceptors (Lipinski definition) is 4. The number of benzene rings is 1. The first-order valence-electron chi connectivity index (χ1n) is 5.82. The standard InChI is InChI=1S/C12H16N2O5S/c1-8-10(12(16)17)4-3-5-11(8)20(18,19)14-7-6-13-9(2)15/h3-5,14H,6-7H2,1-2H3,(H,13,15)(H,16,17). The van der Waals surface area contributed by atoms with E-state index < -0.39 is 16.0 Å². The Morgan fingerprint density at radius 2 is 1.90 bits per heavy atom. The van der Waals surface area contributed by atoms with E-state index in [1.807, 2.05) is 0 Å². The Hall–Kier alpha value is -1.93. The molecule has 0 aliphatic rings. The topological polar surface area (TPSA) is 113 Å². The number of carboxylic acids is 1. The zero-order chi connectivity index (χ0) is 15.3. The minimum absolute atomic E-state index is 0.0264. The molecule has 0 fully saturated rings. The summed E-state index contributed by atoms with van der Waals surface area (Å²) in [6.45, 7) is 2.95. The molecule has 7 nitrogen and oxygen atoms in total. The third-order valence-corrected chi connectivity index (χ3v) is 4.20. The number of amides is 1. The van der Waals surface area contributed by atoms with Crippen molar-refractivity contribution in [2.24, 2.45) is 0 Å². The van der Waals surface area contributed by atoms with Crippen LogP contribution in [0.5, 0.6) is 0 Å². The van der Waals surface area contributed by atoms with Gasteiger partial charge in [0.25, 0.3) is 0 Å². The molecule has 0 saturated heterocycles. The number of carboxylic acid groups (broad SMARTS) is 1. The predicted octanol–water partition coefficient (Wildman–Crippen LogP) is 0.108. The summed E-state index contributed by atoms with van der Waals surface area (Å²) in [5.41, 5.74) is 0.113. The van der Waals surface area contributed by atoms with Crippen LogP contribution in [0.25, 0.3) is 0 Å². The molecule has 0 radical (unpaired) electrons. The molecule has 110 valence electrons. The van der Waals surface area contributed by atoms with Crippen LogP contribution in [0.4, 0.5) is 0 Å². The van der Waals surface area contributed by atoms with Gasteiger partial charge >= 0.3 is 5.97 Å². The second-order valence-corrected chi connectivity index (χ2v) is 5.85. The van der Waals surface area contributed by atoms with Crippen molar-refractivity contribution in [3.63, 3.8) is 0 Å². The minimum atomic E-state index is -3.81. The van der Waals surface area contributed by atoms with Crippen LogP contribution in [-0.2, 0) is 14.8 Å². The summed E-state index contributed by atoms with van der Waals surface area (Å²) in [6, 6.07) is 4.05. The average Bonchev–Trinajstić information content (AvgIpc) is 2.34. The van der Waals surface area contributed by atoms with Gasteiger partial charge in [0.05, 0.1) is 10.5 Å². The van der Waals surface area contributed by atoms with Gasteiger partial charge in [-0.05, 0) is 24.6 Å². The Labute approximate surface area is 117 Å². The van der Waals surface area contributed by atoms with Gasteiger partial charge in [-0.1, -0.05) is 6.07 Å². The van der Waals surface area contributed by atoms with E-state index in [-0.39, 0.29) is 35.0 Å². The van der Waals surface area contributed by atoms with Crippen molar-refractivity contribution in [1.82, 2.24) is 10.0 Å². The van der Waals surface area contributed by atoms with E-state index in [1.54, 1.807) is 0 Å². The highest BCUT2D eigenvalue weighted by molar-refractivity contribution is 7.89. The van der Waals surface area contributed by atoms with Gasteiger partial charge in [-0.25, -0.2) is 17.9 Å². The van der Waals surface area contributed by atoms with Gasteiger partial charge in [0.15, 0.2) is 0 Å². The smallest absolute Gasteiger partial charge is 0.335 e. The summed E-state index contributed by atoms with van der Waals surface area (Å²) in [6.07, 6.45) is 0. The maximum atomic E-state index is 12.1. The van der Waals surface area contributed by atoms with Crippen molar-refractivity contribution in [3.05, 3.63) is 29.3 Å². The summed E-state index contributed by atoms with van der Waals surface area (Å²) in [5.74, 6) is -1.44. The summed E-state index contributed by atoms with van der Waals surface area (Å²) in [4.78, 5) is 21.5. The quantitative estimate of drug-likeness (QED) is 0.645. The summed E-state index contributed by atoms with van der Waals surface area (Å²) in [7, 11) is -3.81. The molecule has 0 spiro atoms. The van der Waals surface area contributed by atoms with E-state index >= 15 is 0 Å². The lowest BCUT2D eigenvalue weighted by Crippen LogP contribution is -2.34. The Morgan fingerprint density at radius 1 is 1.25 bits per heavy atom. The first-order chi connectivity index (χ1) is 9.25. The van der Waals surface area contributed by atoms with Gasteiger partial charge in [-0.3, -0.25) is 4.79 Å². The molecule has 1 aromatic rings. The monoisotopic (exact) mass is 300 g/mol. The number of aromatic carboxylic acids is 1. The second kappa shape index (κ2) is 6.49. The van der Waals surface area contributed by atoms with Crippen LogP contribution in [0.15, 0.2) is 23.1 Å². The van der Waals surface area contributed by atoms with Gasteiger partial charge in [-0.2, -0.15) is 0 Å². The van der Waals surface area contributed by atoms with Crippen LogP contribution in [0.3, 0.4) is 0 Å². The third kappa shape index (κ3) is 4.04. The van der Waals surface area contributed by atoms with Crippen molar-refractivity contribution in [1.29, 1.82) is 0 Å². The van der Waals surface area contributed by atoms with Crippen LogP contribution in [0.1, 0.15) is 22.8 Å². The molecule has 1 amide bonds. The van der Waals surface area contributed by atoms with E-state index in [0.717, 1.165) is 0 Å². The molecule has 0 bridgehead atoms. The Bertz CT molecular complexity index is 625. The molecule has 0 heterocycles. The largest absolute Gasteiger partial charge is 0.478 e. The molecule has 0 aliphatic heterocycles. The zero-order valence-electron chi connectivity index (χ0n) is 11.1. The van der Waals surface area contributed by atoms with Crippen LogP contribution in [-0.4, -0.2) is 38.5 Å². The molecular formula is C12H16N2O5S. The summed E-state index contributed by atoms with van der Waals surface area (Å²) >= 11 is 0. The first kappa shape index (κ1) is 16.1. The maximum Gasteiger partial charge on any atom is 0.335 e. The average molecular weight is 300 g/mol. The highest BCUT2D eigenvalue weighted by Crippen LogP contribution is 2.18. The summed E-state index contributed by atoms with van der Waals surface area (Å²) < 4.78 is 26.4. The molecule has 0 atom stereocenters. The molecule has 8 heteroatoms. The third-order valence-electron chi connectivity index (χ3n) is 2.60. The Morgan fingerprint density at radius 3 is 2.45 bits per heavy atom. The molecule has 1 aromatic carbocycles. The lowest BCUT2D eigenvalue weighted by molar-refractivity contribution is -0.118. The number of hydrogen-bond donors (Lipinski definition) is 3. The lowest BCUT2D eigenvalue weighted by Gasteiger charge is -2.11. The zero-order valence-corrected chi connectivity index (χ0v) is 12.0. The maximum absolute atomic E-state index is 12.1. The van der Waals surface area contributed by atoms with E-state index in [9.17, 15) is 18.0 Å². The van der Waals surface area contributed by atoms with Crippen molar-refractivity contribution in [2.75, 3.05) is 13.1 Å². The summed E-state index contributed by atoms with van der Waals surface area (Å²) in [5, 5.41) is 11.4. The van der Waals surface area contributed by atoms with E-state index in [0.29, 0.717) is 0 Å². The second-order valence-electron chi connectivity index (χ2n) is 4.11. The van der Waals surface area contributed by atoms with Gasteiger partial charge in [0.2, 0.25) is 15.9 Å². The van der Waals surface area contributed by atoms with Crippen LogP contribution in [0, 0.1) is 6.92 Å². The van der Waals surface area contributed by atoms with Gasteiger partial charge in [0.1, 0.15) is 0 Å². The molecular weight excluding hydrogens is 284 g/mol. The molecule has 0 saturated carbocycles. The molecule has 0 aliphatic carbocycles. The Balaban J connectivity index is 2.90. The van der Waals surface area contributed by atoms with Crippen molar-refractivity contribution >= 4 is 21.9 Å². The number of carbonyl (C=O) groups excluding carboxylic acids is 1. The van der Waals surface area contributed by atoms with Crippen LogP contribution in [0.2, 0.25) is 0 Å². The SMILES string of the molecule is CC(=O)NCCNS(=O)(=O)c1cccc(C(=O)O)c1C. The normalized spacial score (nSPS) is 11.1. The van der Waals surface area contributed by atoms with Gasteiger partial charge < -0.3 is 10.4 Å². The molecule has 0 unspecified atom stereocenters. The van der Waals surface area contributed by atoms with Crippen molar-refractivity contribution in [3.8, 4) is 0 Å². The van der Waals surface area contributed by atoms with Crippen LogP contribution < -0.4 is 10.0 Å².